The van der Waals surface area contributed by atoms with Gasteiger partial charge in [-0.2, -0.15) is 0 Å². The maximum absolute atomic E-state index is 12.2. The molecule has 0 radical (unpaired) electrons. The van der Waals surface area contributed by atoms with Gasteiger partial charge >= 0.3 is 11.9 Å². The van der Waals surface area contributed by atoms with Crippen LogP contribution in [0.15, 0.2) is 12.2 Å². The summed E-state index contributed by atoms with van der Waals surface area (Å²) in [6.07, 6.45) is 10.9. The van der Waals surface area contributed by atoms with Crippen molar-refractivity contribution in [2.24, 2.45) is 5.41 Å². The first-order valence-corrected chi connectivity index (χ1v) is 11.8. The molecule has 2 rings (SSSR count). The molecular formula is C23H37N3O6. The highest BCUT2D eigenvalue weighted by molar-refractivity contribution is 5.98. The van der Waals surface area contributed by atoms with E-state index in [-0.39, 0.29) is 37.7 Å². The molecule has 0 saturated carbocycles. The van der Waals surface area contributed by atoms with Gasteiger partial charge in [-0.15, -0.1) is 0 Å². The van der Waals surface area contributed by atoms with Crippen LogP contribution >= 0.6 is 0 Å². The van der Waals surface area contributed by atoms with Crippen LogP contribution in [-0.4, -0.2) is 83.0 Å². The summed E-state index contributed by atoms with van der Waals surface area (Å²) >= 11 is 0. The van der Waals surface area contributed by atoms with Crippen LogP contribution in [0.4, 0.5) is 0 Å². The number of rotatable bonds is 12. The van der Waals surface area contributed by atoms with Crippen molar-refractivity contribution in [3.63, 3.8) is 0 Å². The maximum Gasteiger partial charge on any atom is 0.321 e. The Morgan fingerprint density at radius 1 is 0.781 bits per heavy atom. The van der Waals surface area contributed by atoms with E-state index in [1.165, 1.54) is 11.0 Å². The lowest BCUT2D eigenvalue weighted by molar-refractivity contribution is -0.169. The topological polar surface area (TPSA) is 127 Å². The number of piperidine rings is 1. The van der Waals surface area contributed by atoms with E-state index in [1.807, 2.05) is 11.0 Å². The summed E-state index contributed by atoms with van der Waals surface area (Å²) in [5.41, 5.74) is -1.78. The van der Waals surface area contributed by atoms with Gasteiger partial charge in [0, 0.05) is 45.7 Å². The van der Waals surface area contributed by atoms with E-state index in [0.717, 1.165) is 71.1 Å². The van der Waals surface area contributed by atoms with Crippen LogP contribution in [-0.2, 0) is 19.2 Å². The fourth-order valence-electron chi connectivity index (χ4n) is 4.24. The average molecular weight is 452 g/mol. The van der Waals surface area contributed by atoms with Gasteiger partial charge in [-0.05, 0) is 38.2 Å². The summed E-state index contributed by atoms with van der Waals surface area (Å²) in [6, 6.07) is 0. The Morgan fingerprint density at radius 3 is 1.94 bits per heavy atom. The Morgan fingerprint density at radius 2 is 1.34 bits per heavy atom. The minimum Gasteiger partial charge on any atom is -0.480 e. The molecule has 2 aliphatic rings. The molecule has 180 valence electrons. The molecule has 0 atom stereocenters. The number of hydrogen-bond donors (Lipinski definition) is 3. The van der Waals surface area contributed by atoms with Crippen molar-refractivity contribution in [2.45, 2.75) is 64.2 Å². The number of amides is 2. The SMILES string of the molecule is O=C(/C=C/CCCCCCCCC(=O)N1CCNCC1)N1CCC(C(=O)O)(C(=O)O)CC1. The lowest BCUT2D eigenvalue weighted by Crippen LogP contribution is -2.50. The highest BCUT2D eigenvalue weighted by Gasteiger charge is 2.49. The molecule has 0 aliphatic carbocycles. The molecule has 2 aliphatic heterocycles. The summed E-state index contributed by atoms with van der Waals surface area (Å²) < 4.78 is 0. The van der Waals surface area contributed by atoms with Crippen molar-refractivity contribution < 1.29 is 29.4 Å². The first-order valence-electron chi connectivity index (χ1n) is 11.8. The van der Waals surface area contributed by atoms with Gasteiger partial charge in [0.1, 0.15) is 0 Å². The Hall–Kier alpha value is -2.42. The molecule has 0 aromatic carbocycles. The highest BCUT2D eigenvalue weighted by Crippen LogP contribution is 2.32. The van der Waals surface area contributed by atoms with Gasteiger partial charge in [-0.1, -0.05) is 31.8 Å². The van der Waals surface area contributed by atoms with Gasteiger partial charge in [-0.3, -0.25) is 19.2 Å². The number of piperazine rings is 1. The van der Waals surface area contributed by atoms with Crippen LogP contribution in [0.1, 0.15) is 64.2 Å². The number of unbranched alkanes of at least 4 members (excludes halogenated alkanes) is 6. The smallest absolute Gasteiger partial charge is 0.321 e. The number of carbonyl (C=O) groups is 4. The molecule has 2 fully saturated rings. The number of carboxylic acids is 2. The second-order valence-corrected chi connectivity index (χ2v) is 8.71. The summed E-state index contributed by atoms with van der Waals surface area (Å²) in [4.78, 5) is 50.4. The van der Waals surface area contributed by atoms with Crippen molar-refractivity contribution in [3.8, 4) is 0 Å². The number of allylic oxidation sites excluding steroid dienone is 1. The molecule has 2 amide bonds. The van der Waals surface area contributed by atoms with E-state index in [9.17, 15) is 29.4 Å². The molecule has 9 nitrogen and oxygen atoms in total. The van der Waals surface area contributed by atoms with Gasteiger partial charge in [0.15, 0.2) is 5.41 Å². The van der Waals surface area contributed by atoms with Crippen molar-refractivity contribution in [1.29, 1.82) is 0 Å². The third-order valence-corrected chi connectivity index (χ3v) is 6.49. The summed E-state index contributed by atoms with van der Waals surface area (Å²) in [5, 5.41) is 21.7. The number of nitrogens with zero attached hydrogens (tertiary/aromatic N) is 2. The van der Waals surface area contributed by atoms with Crippen LogP contribution in [0.25, 0.3) is 0 Å². The number of carboxylic acid groups (broad SMARTS) is 2. The first-order chi connectivity index (χ1) is 15.4. The average Bonchev–Trinajstić information content (AvgIpc) is 2.80. The summed E-state index contributed by atoms with van der Waals surface area (Å²) in [7, 11) is 0. The second kappa shape index (κ2) is 13.2. The third-order valence-electron chi connectivity index (χ3n) is 6.49. The molecule has 2 heterocycles. The minimum absolute atomic E-state index is 0.0713. The van der Waals surface area contributed by atoms with E-state index < -0.39 is 17.4 Å². The van der Waals surface area contributed by atoms with Crippen LogP contribution in [0.5, 0.6) is 0 Å². The van der Waals surface area contributed by atoms with Gasteiger partial charge < -0.3 is 25.3 Å². The van der Waals surface area contributed by atoms with Crippen molar-refractivity contribution in [2.75, 3.05) is 39.3 Å². The van der Waals surface area contributed by atoms with Crippen molar-refractivity contribution >= 4 is 23.8 Å². The molecule has 0 aromatic heterocycles. The van der Waals surface area contributed by atoms with Gasteiger partial charge in [-0.25, -0.2) is 0 Å². The number of likely N-dealkylation sites (tertiary alicyclic amines) is 1. The normalized spacial score (nSPS) is 18.6. The van der Waals surface area contributed by atoms with Crippen molar-refractivity contribution in [3.05, 3.63) is 12.2 Å². The highest BCUT2D eigenvalue weighted by atomic mass is 16.4. The largest absolute Gasteiger partial charge is 0.480 e. The molecule has 0 bridgehead atoms. The van der Waals surface area contributed by atoms with E-state index in [2.05, 4.69) is 5.32 Å². The molecular weight excluding hydrogens is 414 g/mol. The summed E-state index contributed by atoms with van der Waals surface area (Å²) in [5.74, 6) is -2.59. The lowest BCUT2D eigenvalue weighted by atomic mass is 9.78. The predicted octanol–water partition coefficient (Wildman–Crippen LogP) is 1.87. The van der Waals surface area contributed by atoms with Gasteiger partial charge in [0.2, 0.25) is 11.8 Å². The van der Waals surface area contributed by atoms with Crippen molar-refractivity contribution in [1.82, 2.24) is 15.1 Å². The van der Waals surface area contributed by atoms with E-state index in [4.69, 9.17) is 0 Å². The minimum atomic E-state index is -1.78. The number of aliphatic carboxylic acids is 2. The van der Waals surface area contributed by atoms with Crippen LogP contribution in [0.2, 0.25) is 0 Å². The zero-order chi connectivity index (χ0) is 23.4. The molecule has 0 spiro atoms. The summed E-state index contributed by atoms with van der Waals surface area (Å²) in [6.45, 7) is 3.69. The van der Waals surface area contributed by atoms with E-state index >= 15 is 0 Å². The van der Waals surface area contributed by atoms with Crippen LogP contribution < -0.4 is 5.32 Å². The molecule has 2 saturated heterocycles. The Balaban J connectivity index is 1.50. The number of hydrogen-bond acceptors (Lipinski definition) is 5. The molecule has 0 unspecified atom stereocenters. The zero-order valence-electron chi connectivity index (χ0n) is 18.9. The molecule has 0 aromatic rings. The second-order valence-electron chi connectivity index (χ2n) is 8.71. The van der Waals surface area contributed by atoms with E-state index in [1.54, 1.807) is 0 Å². The fourth-order valence-corrected chi connectivity index (χ4v) is 4.24. The number of nitrogens with one attached hydrogen (secondary N) is 1. The van der Waals surface area contributed by atoms with Gasteiger partial charge in [0.05, 0.1) is 0 Å². The molecule has 32 heavy (non-hydrogen) atoms. The number of carbonyl (C=O) groups excluding carboxylic acids is 2. The monoisotopic (exact) mass is 451 g/mol. The fraction of sp³-hybridized carbons (Fsp3) is 0.739. The first kappa shape index (κ1) is 25.8. The molecule has 3 N–H and O–H groups in total. The predicted molar refractivity (Wildman–Crippen MR) is 119 cm³/mol. The Bertz CT molecular complexity index is 663. The quantitative estimate of drug-likeness (QED) is 0.235. The lowest BCUT2D eigenvalue weighted by Gasteiger charge is -2.35. The van der Waals surface area contributed by atoms with Gasteiger partial charge in [0.25, 0.3) is 0 Å². The Kier molecular flexibility index (Phi) is 10.7. The standard InChI is InChI=1S/C23H37N3O6/c27-19(25-15-11-23(12-16-25,21(29)30)22(31)32)9-7-5-3-1-2-4-6-8-10-20(28)26-17-13-24-14-18-26/h7,9,24H,1-6,8,10-18H2,(H,29,30)(H,31,32)/b9-7+. The molecule has 9 heteroatoms. The Labute approximate surface area is 189 Å². The van der Waals surface area contributed by atoms with Crippen LogP contribution in [0, 0.1) is 5.41 Å². The third kappa shape index (κ3) is 7.62. The maximum atomic E-state index is 12.2. The zero-order valence-corrected chi connectivity index (χ0v) is 18.9. The van der Waals surface area contributed by atoms with E-state index in [0.29, 0.717) is 6.42 Å². The van der Waals surface area contributed by atoms with Crippen LogP contribution in [0.3, 0.4) is 0 Å².